The molecule has 0 aromatic rings. The fraction of sp³-hybridized carbons (Fsp3) is 0.952. The monoisotopic (exact) mass is 1440 g/mol. The van der Waals surface area contributed by atoms with Crippen LogP contribution in [0.15, 0.2) is 0 Å². The second kappa shape index (κ2) is 64.3. The Hall–Kier alpha value is -2.11. The van der Waals surface area contributed by atoms with Crippen LogP contribution in [0.25, 0.3) is 0 Å². The van der Waals surface area contributed by atoms with Crippen LogP contribution in [0.1, 0.15) is 97.8 Å². The molecule has 0 atom stereocenters. The van der Waals surface area contributed by atoms with Gasteiger partial charge in [0.25, 0.3) is 17.9 Å². The topological polar surface area (TPSA) is 387 Å². The number of hydrogen-bond donors (Lipinski definition) is 7. The Morgan fingerprint density at radius 2 is 0.511 bits per heavy atom. The second-order valence-electron chi connectivity index (χ2n) is 22.5. The van der Waals surface area contributed by atoms with E-state index in [0.29, 0.717) is 132 Å². The van der Waals surface area contributed by atoms with Crippen LogP contribution < -0.4 is 0 Å². The van der Waals surface area contributed by atoms with Crippen LogP contribution in [0, 0.1) is 16.2 Å². The normalized spacial score (nSPS) is 23.9. The molecule has 9 saturated heterocycles. The van der Waals surface area contributed by atoms with Gasteiger partial charge >= 0.3 is 17.9 Å². The lowest BCUT2D eigenvalue weighted by atomic mass is 9.91. The Morgan fingerprint density at radius 1 is 0.309 bits per heavy atom. The zero-order valence-corrected chi connectivity index (χ0v) is 59.8. The van der Waals surface area contributed by atoms with Crippen molar-refractivity contribution in [1.29, 1.82) is 0 Å². The minimum absolute atomic E-state index is 0.0384. The van der Waals surface area contributed by atoms with E-state index in [1.54, 1.807) is 49.8 Å². The molecule has 564 valence electrons. The highest BCUT2D eigenvalue weighted by Crippen LogP contribution is 2.42. The predicted molar refractivity (Wildman–Crippen MR) is 344 cm³/mol. The largest absolute Gasteiger partial charge is 0.481 e. The van der Waals surface area contributed by atoms with Crippen molar-refractivity contribution in [2.24, 2.45) is 16.2 Å². The van der Waals surface area contributed by atoms with Gasteiger partial charge in [0.2, 0.25) is 0 Å². The van der Waals surface area contributed by atoms with E-state index in [1.807, 2.05) is 0 Å². The summed E-state index contributed by atoms with van der Waals surface area (Å²) in [6.07, 6.45) is 7.21. The van der Waals surface area contributed by atoms with Gasteiger partial charge in [0.15, 0.2) is 0 Å². The second-order valence-corrected chi connectivity index (χ2v) is 23.3. The van der Waals surface area contributed by atoms with Crippen LogP contribution in [-0.4, -0.2) is 325 Å². The number of rotatable bonds is 43. The molecule has 7 N–H and O–H groups in total. The van der Waals surface area contributed by atoms with E-state index in [-0.39, 0.29) is 61.9 Å². The molecule has 0 unspecified atom stereocenters. The quantitative estimate of drug-likeness (QED) is 0.0335. The zero-order valence-electron chi connectivity index (χ0n) is 58.2. The molecule has 9 heterocycles. The summed E-state index contributed by atoms with van der Waals surface area (Å²) in [5.41, 5.74) is 0.156. The summed E-state index contributed by atoms with van der Waals surface area (Å²) in [6, 6.07) is 0. The van der Waals surface area contributed by atoms with Crippen molar-refractivity contribution < 1.29 is 150 Å². The number of carbonyl (C=O) groups is 3. The van der Waals surface area contributed by atoms with E-state index in [2.05, 4.69) is 46.2 Å². The van der Waals surface area contributed by atoms with Crippen molar-refractivity contribution in [2.75, 3.05) is 253 Å². The Labute approximate surface area is 566 Å². The molecule has 0 spiro atoms. The van der Waals surface area contributed by atoms with Crippen molar-refractivity contribution in [1.82, 2.24) is 0 Å². The van der Waals surface area contributed by atoms with E-state index in [4.69, 9.17) is 126 Å². The molecule has 94 heavy (non-hydrogen) atoms. The molecule has 9 fully saturated rings. The van der Waals surface area contributed by atoms with Crippen LogP contribution >= 0.6 is 15.9 Å². The highest BCUT2D eigenvalue weighted by molar-refractivity contribution is 9.09. The molecule has 0 aromatic carbocycles. The first kappa shape index (κ1) is 96.1. The van der Waals surface area contributed by atoms with Crippen molar-refractivity contribution >= 4 is 33.8 Å². The summed E-state index contributed by atoms with van der Waals surface area (Å²) >= 11 is 3.39. The van der Waals surface area contributed by atoms with Crippen LogP contribution in [0.3, 0.4) is 0 Å². The van der Waals surface area contributed by atoms with Gasteiger partial charge in [0.05, 0.1) is 165 Å². The summed E-state index contributed by atoms with van der Waals surface area (Å²) in [7, 11) is 11.2. The van der Waals surface area contributed by atoms with Gasteiger partial charge in [-0.2, -0.15) is 0 Å². The molecule has 32 heteroatoms. The number of fused-ring (bicyclic) bond motifs is 9. The van der Waals surface area contributed by atoms with Crippen LogP contribution in [0.4, 0.5) is 0 Å². The number of methoxy groups -OCH3 is 7. The lowest BCUT2D eigenvalue weighted by Gasteiger charge is -2.50. The average molecular weight is 1440 g/mol. The maximum absolute atomic E-state index is 10.0. The van der Waals surface area contributed by atoms with Gasteiger partial charge in [-0.05, 0) is 38.5 Å². The molecule has 6 bridgehead atoms. The maximum atomic E-state index is 10.0. The van der Waals surface area contributed by atoms with E-state index in [1.165, 1.54) is 0 Å². The molecular weight excluding hydrogens is 1320 g/mol. The molecule has 9 aliphatic heterocycles. The molecule has 9 rings (SSSR count). The summed E-state index contributed by atoms with van der Waals surface area (Å²) in [5, 5.41) is 56.8. The van der Waals surface area contributed by atoms with Crippen molar-refractivity contribution in [2.45, 2.75) is 116 Å². The fourth-order valence-electron chi connectivity index (χ4n) is 7.40. The van der Waals surface area contributed by atoms with E-state index >= 15 is 0 Å². The summed E-state index contributed by atoms with van der Waals surface area (Å²) in [4.78, 5) is 30.0. The van der Waals surface area contributed by atoms with Crippen LogP contribution in [-0.2, 0) is 114 Å². The molecule has 0 aliphatic carbocycles. The number of carboxylic acids is 3. The standard InChI is InChI=1S/2C12H22O5.C9H15BrO3.3C7H14O4.2C3H8O2.C2H6O2/c2*1-11-8-15-12(16-9-11,17-10-11)4-3-5-14-7-6-13-2;1-8-5-11-9(12-6-8,13-7-8)3-2-4-10;3*1-10-5-6-11-4-2-3-7(8)9;2*1-5-3-2-4;3-1-2-4/h2*3-10H2,1-2H3;2-7H2,1H3;3*2-6H2,1H3,(H,8,9);2*4H,2-3H2,1H3;3-4H,1-2H2. The number of carboxylic acid groups (broad SMARTS) is 3. The number of aliphatic hydroxyl groups is 4. The maximum Gasteiger partial charge on any atom is 0.303 e. The highest BCUT2D eigenvalue weighted by Gasteiger charge is 2.52. The summed E-state index contributed by atoms with van der Waals surface area (Å²) in [5.74, 6) is -4.66. The first-order valence-corrected chi connectivity index (χ1v) is 32.9. The minimum atomic E-state index is -0.803. The molecule has 31 nitrogen and oxygen atoms in total. The molecule has 9 aliphatic rings. The van der Waals surface area contributed by atoms with Crippen molar-refractivity contribution in [3.05, 3.63) is 0 Å². The first-order chi connectivity index (χ1) is 45.1. The number of alkyl halides is 1. The van der Waals surface area contributed by atoms with E-state index in [9.17, 15) is 14.4 Å². The van der Waals surface area contributed by atoms with Gasteiger partial charge in [-0.15, -0.1) is 0 Å². The fourth-order valence-corrected chi connectivity index (χ4v) is 7.68. The third kappa shape index (κ3) is 55.7. The molecule has 0 amide bonds. The van der Waals surface area contributed by atoms with E-state index in [0.717, 1.165) is 103 Å². The van der Waals surface area contributed by atoms with Crippen LogP contribution in [0.2, 0.25) is 0 Å². The number of ether oxygens (including phenoxy) is 21. The Morgan fingerprint density at radius 3 is 0.670 bits per heavy atom. The number of hydrogen-bond acceptors (Lipinski definition) is 28. The minimum Gasteiger partial charge on any atom is -0.481 e. The smallest absolute Gasteiger partial charge is 0.303 e. The van der Waals surface area contributed by atoms with E-state index < -0.39 is 35.8 Å². The van der Waals surface area contributed by atoms with Gasteiger partial charge in [0, 0.05) is 143 Å². The predicted octanol–water partition coefficient (Wildman–Crippen LogP) is 4.00. The van der Waals surface area contributed by atoms with Gasteiger partial charge in [-0.3, -0.25) is 14.4 Å². The highest BCUT2D eigenvalue weighted by atomic mass is 79.9. The lowest BCUT2D eigenvalue weighted by Crippen LogP contribution is -2.58. The van der Waals surface area contributed by atoms with Crippen molar-refractivity contribution in [3.63, 3.8) is 0 Å². The first-order valence-electron chi connectivity index (χ1n) is 31.8. The molecule has 0 saturated carbocycles. The molecule has 0 radical (unpaired) electrons. The summed E-state index contributed by atoms with van der Waals surface area (Å²) in [6.45, 7) is 22.5. The van der Waals surface area contributed by atoms with Gasteiger partial charge in [0.1, 0.15) is 0 Å². The lowest BCUT2D eigenvalue weighted by molar-refractivity contribution is -0.468. The molecule has 0 aromatic heterocycles. The number of aliphatic hydroxyl groups excluding tert-OH is 4. The summed E-state index contributed by atoms with van der Waals surface area (Å²) < 4.78 is 110. The Kier molecular flexibility index (Phi) is 65.7. The number of halogens is 1. The van der Waals surface area contributed by atoms with Crippen molar-refractivity contribution in [3.8, 4) is 0 Å². The zero-order chi connectivity index (χ0) is 71.0. The van der Waals surface area contributed by atoms with Crippen LogP contribution in [0.5, 0.6) is 0 Å². The van der Waals surface area contributed by atoms with Gasteiger partial charge in [-0.25, -0.2) is 0 Å². The third-order valence-electron chi connectivity index (χ3n) is 12.8. The Balaban J connectivity index is -0.00000102. The average Bonchev–Trinajstić information content (AvgIpc) is 0.800. The Bertz CT molecular complexity index is 1490. The van der Waals surface area contributed by atoms with Gasteiger partial charge < -0.3 is 135 Å². The third-order valence-corrected chi connectivity index (χ3v) is 13.4. The SMILES string of the molecule is CC12COC(CCCBr)(OC1)OC2.COCCO.COCCO.COCCOCCCC(=O)O.COCCOCCCC(=O)O.COCCOCCCC(=O)O.COCCOCCCC12OCC(C)(CO1)CO2.COCCOCCCC12OCC(C)(CO1)CO2.OCCO. The number of aliphatic carboxylic acids is 3. The molecular formula is C62H123BrO31. The van der Waals surface area contributed by atoms with Gasteiger partial charge in [-0.1, -0.05) is 36.7 Å².